The van der Waals surface area contributed by atoms with Gasteiger partial charge in [0.25, 0.3) is 0 Å². The number of hydrogen-bond acceptors (Lipinski definition) is 3. The molecule has 1 atom stereocenters. The van der Waals surface area contributed by atoms with E-state index in [9.17, 15) is 0 Å². The minimum absolute atomic E-state index is 0.199. The zero-order valence-corrected chi connectivity index (χ0v) is 11.4. The second-order valence-electron chi connectivity index (χ2n) is 5.44. The molecule has 0 aromatic heterocycles. The molecule has 96 valence electrons. The predicted octanol–water partition coefficient (Wildman–Crippen LogP) is 1.56. The van der Waals surface area contributed by atoms with Gasteiger partial charge in [-0.3, -0.25) is 9.80 Å². The predicted molar refractivity (Wildman–Crippen MR) is 68.7 cm³/mol. The molecule has 0 bridgehead atoms. The first-order valence-corrected chi connectivity index (χ1v) is 6.60. The van der Waals surface area contributed by atoms with Gasteiger partial charge in [0.05, 0.1) is 6.61 Å². The lowest BCUT2D eigenvalue weighted by Crippen LogP contribution is -2.59. The molecule has 0 spiro atoms. The number of piperidine rings is 1. The summed E-state index contributed by atoms with van der Waals surface area (Å²) < 4.78 is 0. The highest BCUT2D eigenvalue weighted by molar-refractivity contribution is 4.95. The van der Waals surface area contributed by atoms with E-state index in [4.69, 9.17) is 5.11 Å². The molecule has 1 unspecified atom stereocenters. The van der Waals surface area contributed by atoms with E-state index in [1.165, 1.54) is 19.3 Å². The van der Waals surface area contributed by atoms with Gasteiger partial charge in [-0.2, -0.15) is 0 Å². The van der Waals surface area contributed by atoms with E-state index in [-0.39, 0.29) is 12.1 Å². The molecule has 0 saturated carbocycles. The van der Waals surface area contributed by atoms with Crippen molar-refractivity contribution in [2.24, 2.45) is 0 Å². The highest BCUT2D eigenvalue weighted by Gasteiger charge is 2.37. The molecule has 1 heterocycles. The van der Waals surface area contributed by atoms with Gasteiger partial charge in [0.1, 0.15) is 0 Å². The summed E-state index contributed by atoms with van der Waals surface area (Å²) in [6.07, 6.45) is 3.87. The molecular formula is C13H28N2O. The van der Waals surface area contributed by atoms with Gasteiger partial charge in [-0.15, -0.1) is 0 Å². The SMILES string of the molecule is CCN(C)C(C)(C)C1CCCCN1CCO. The summed E-state index contributed by atoms with van der Waals surface area (Å²) in [5, 5.41) is 9.14. The summed E-state index contributed by atoms with van der Waals surface area (Å²) >= 11 is 0. The third kappa shape index (κ3) is 2.96. The Bertz CT molecular complexity index is 204. The molecule has 0 aromatic rings. The van der Waals surface area contributed by atoms with Crippen molar-refractivity contribution >= 4 is 0 Å². The van der Waals surface area contributed by atoms with E-state index >= 15 is 0 Å². The van der Waals surface area contributed by atoms with Crippen LogP contribution >= 0.6 is 0 Å². The van der Waals surface area contributed by atoms with Gasteiger partial charge in [0.2, 0.25) is 0 Å². The van der Waals surface area contributed by atoms with E-state index in [1.54, 1.807) is 0 Å². The Labute approximate surface area is 100 Å². The van der Waals surface area contributed by atoms with Crippen LogP contribution in [0.1, 0.15) is 40.0 Å². The zero-order chi connectivity index (χ0) is 12.2. The Hall–Kier alpha value is -0.120. The summed E-state index contributed by atoms with van der Waals surface area (Å²) in [6.45, 7) is 10.2. The topological polar surface area (TPSA) is 26.7 Å². The number of hydrogen-bond donors (Lipinski definition) is 1. The number of aliphatic hydroxyl groups excluding tert-OH is 1. The molecule has 0 amide bonds. The fourth-order valence-electron chi connectivity index (χ4n) is 2.85. The van der Waals surface area contributed by atoms with Gasteiger partial charge in [-0.1, -0.05) is 13.3 Å². The number of aliphatic hydroxyl groups is 1. The quantitative estimate of drug-likeness (QED) is 0.773. The van der Waals surface area contributed by atoms with Crippen molar-refractivity contribution in [2.75, 3.05) is 33.3 Å². The zero-order valence-electron chi connectivity index (χ0n) is 11.4. The molecule has 1 fully saturated rings. The fourth-order valence-corrected chi connectivity index (χ4v) is 2.85. The van der Waals surface area contributed by atoms with E-state index < -0.39 is 0 Å². The van der Waals surface area contributed by atoms with E-state index in [1.807, 2.05) is 0 Å². The van der Waals surface area contributed by atoms with E-state index in [0.717, 1.165) is 19.6 Å². The maximum absolute atomic E-state index is 9.14. The van der Waals surface area contributed by atoms with Gasteiger partial charge < -0.3 is 5.11 Å². The van der Waals surface area contributed by atoms with Crippen LogP contribution in [-0.2, 0) is 0 Å². The summed E-state index contributed by atoms with van der Waals surface area (Å²) in [5.74, 6) is 0. The van der Waals surface area contributed by atoms with Crippen LogP contribution in [0.3, 0.4) is 0 Å². The first-order chi connectivity index (χ1) is 7.54. The Morgan fingerprint density at radius 1 is 1.38 bits per heavy atom. The molecule has 1 aliphatic rings. The Morgan fingerprint density at radius 3 is 2.62 bits per heavy atom. The molecule has 1 saturated heterocycles. The van der Waals surface area contributed by atoms with Gasteiger partial charge in [-0.05, 0) is 46.8 Å². The molecular weight excluding hydrogens is 200 g/mol. The number of nitrogens with zero attached hydrogens (tertiary/aromatic N) is 2. The molecule has 0 radical (unpaired) electrons. The largest absolute Gasteiger partial charge is 0.395 e. The maximum Gasteiger partial charge on any atom is 0.0558 e. The first kappa shape index (κ1) is 13.9. The van der Waals surface area contributed by atoms with Crippen molar-refractivity contribution in [3.8, 4) is 0 Å². The van der Waals surface area contributed by atoms with Crippen molar-refractivity contribution in [2.45, 2.75) is 51.6 Å². The second-order valence-corrected chi connectivity index (χ2v) is 5.44. The lowest BCUT2D eigenvalue weighted by molar-refractivity contribution is 0.00702. The molecule has 0 aromatic carbocycles. The van der Waals surface area contributed by atoms with Crippen molar-refractivity contribution < 1.29 is 5.11 Å². The van der Waals surface area contributed by atoms with Crippen LogP contribution in [-0.4, -0.2) is 59.8 Å². The maximum atomic E-state index is 9.14. The minimum Gasteiger partial charge on any atom is -0.395 e. The van der Waals surface area contributed by atoms with Gasteiger partial charge in [-0.25, -0.2) is 0 Å². The van der Waals surface area contributed by atoms with Crippen LogP contribution in [0, 0.1) is 0 Å². The Balaban J connectivity index is 2.72. The van der Waals surface area contributed by atoms with Crippen LogP contribution in [0.4, 0.5) is 0 Å². The van der Waals surface area contributed by atoms with Crippen molar-refractivity contribution in [1.82, 2.24) is 9.80 Å². The molecule has 1 aliphatic heterocycles. The first-order valence-electron chi connectivity index (χ1n) is 6.60. The van der Waals surface area contributed by atoms with Gasteiger partial charge in [0.15, 0.2) is 0 Å². The van der Waals surface area contributed by atoms with Gasteiger partial charge >= 0.3 is 0 Å². The summed E-state index contributed by atoms with van der Waals surface area (Å²) in [6, 6.07) is 0.582. The smallest absolute Gasteiger partial charge is 0.0558 e. The number of β-amino-alcohol motifs (C(OH)–C–C–N with tert-alkyl or cyclic N) is 1. The lowest BCUT2D eigenvalue weighted by Gasteiger charge is -2.49. The standard InChI is InChI=1S/C13H28N2O/c1-5-14(4)13(2,3)12-8-6-7-9-15(12)10-11-16/h12,16H,5-11H2,1-4H3. The number of likely N-dealkylation sites (N-methyl/N-ethyl adjacent to an activating group) is 1. The van der Waals surface area contributed by atoms with E-state index in [0.29, 0.717) is 6.04 Å². The average molecular weight is 228 g/mol. The van der Waals surface area contributed by atoms with Crippen molar-refractivity contribution in [3.63, 3.8) is 0 Å². The minimum atomic E-state index is 0.199. The highest BCUT2D eigenvalue weighted by atomic mass is 16.3. The highest BCUT2D eigenvalue weighted by Crippen LogP contribution is 2.29. The average Bonchev–Trinajstić information content (AvgIpc) is 2.29. The summed E-state index contributed by atoms with van der Waals surface area (Å²) in [5.41, 5.74) is 0.199. The Morgan fingerprint density at radius 2 is 2.06 bits per heavy atom. The van der Waals surface area contributed by atoms with Crippen LogP contribution < -0.4 is 0 Å². The van der Waals surface area contributed by atoms with Crippen LogP contribution in [0.15, 0.2) is 0 Å². The van der Waals surface area contributed by atoms with Crippen molar-refractivity contribution in [3.05, 3.63) is 0 Å². The summed E-state index contributed by atoms with van der Waals surface area (Å²) in [7, 11) is 2.20. The van der Waals surface area contributed by atoms with Crippen LogP contribution in [0.25, 0.3) is 0 Å². The fraction of sp³-hybridized carbons (Fsp3) is 1.00. The Kier molecular flexibility index (Phi) is 5.22. The molecule has 1 rings (SSSR count). The molecule has 16 heavy (non-hydrogen) atoms. The third-order valence-corrected chi connectivity index (χ3v) is 4.27. The third-order valence-electron chi connectivity index (χ3n) is 4.27. The van der Waals surface area contributed by atoms with E-state index in [2.05, 4.69) is 37.6 Å². The van der Waals surface area contributed by atoms with Gasteiger partial charge in [0, 0.05) is 18.1 Å². The monoisotopic (exact) mass is 228 g/mol. The molecule has 3 nitrogen and oxygen atoms in total. The number of rotatable bonds is 5. The second kappa shape index (κ2) is 5.99. The van der Waals surface area contributed by atoms with Crippen molar-refractivity contribution in [1.29, 1.82) is 0 Å². The summed E-state index contributed by atoms with van der Waals surface area (Å²) in [4.78, 5) is 4.89. The van der Waals surface area contributed by atoms with Crippen LogP contribution in [0.2, 0.25) is 0 Å². The van der Waals surface area contributed by atoms with Crippen LogP contribution in [0.5, 0.6) is 0 Å². The molecule has 3 heteroatoms. The lowest BCUT2D eigenvalue weighted by atomic mass is 9.85. The molecule has 1 N–H and O–H groups in total. The molecule has 0 aliphatic carbocycles. The normalized spacial score (nSPS) is 24.0. The number of likely N-dealkylation sites (tertiary alicyclic amines) is 1.